The largest absolute Gasteiger partial charge is 0.480 e. The Labute approximate surface area is 90.0 Å². The van der Waals surface area contributed by atoms with Crippen LogP contribution in [-0.4, -0.2) is 29.5 Å². The van der Waals surface area contributed by atoms with E-state index < -0.39 is 12.0 Å². The maximum absolute atomic E-state index is 10.3. The number of hydrogen-bond donors (Lipinski definition) is 4. The van der Waals surface area contributed by atoms with Crippen LogP contribution in [-0.2, 0) is 4.79 Å². The summed E-state index contributed by atoms with van der Waals surface area (Å²) < 4.78 is 0. The monoisotopic (exact) mass is 223 g/mol. The van der Waals surface area contributed by atoms with E-state index in [2.05, 4.69) is 5.32 Å². The van der Waals surface area contributed by atoms with Crippen molar-refractivity contribution in [2.24, 2.45) is 5.73 Å². The first-order chi connectivity index (χ1) is 6.04. The third-order valence-electron chi connectivity index (χ3n) is 1.65. The zero-order chi connectivity index (χ0) is 10.3. The van der Waals surface area contributed by atoms with Crippen LogP contribution in [0.1, 0.15) is 26.2 Å². The van der Waals surface area contributed by atoms with Gasteiger partial charge in [0.25, 0.3) is 0 Å². The van der Waals surface area contributed by atoms with Crippen molar-refractivity contribution >= 4 is 24.2 Å². The molecule has 0 aliphatic heterocycles. The Morgan fingerprint density at radius 3 is 2.57 bits per heavy atom. The molecule has 0 aromatic heterocycles. The number of unbranched alkanes of at least 4 members (excludes halogenated alkanes) is 1. The van der Waals surface area contributed by atoms with Gasteiger partial charge >= 0.3 is 5.97 Å². The summed E-state index contributed by atoms with van der Waals surface area (Å²) in [6.45, 7) is 2.38. The Morgan fingerprint density at radius 2 is 2.14 bits per heavy atom. The Bertz CT molecular complexity index is 187. The molecular formula is C8H18ClN3O2. The van der Waals surface area contributed by atoms with Crippen molar-refractivity contribution < 1.29 is 9.90 Å². The molecule has 5 N–H and O–H groups in total. The minimum absolute atomic E-state index is 0. The van der Waals surface area contributed by atoms with E-state index in [-0.39, 0.29) is 12.4 Å². The first-order valence-corrected chi connectivity index (χ1v) is 4.31. The molecule has 0 fully saturated rings. The predicted octanol–water partition coefficient (Wildman–Crippen LogP) is 0.577. The molecule has 14 heavy (non-hydrogen) atoms. The van der Waals surface area contributed by atoms with Crippen LogP contribution in [0.5, 0.6) is 0 Å². The van der Waals surface area contributed by atoms with E-state index in [1.165, 1.54) is 0 Å². The number of carbonyl (C=O) groups is 1. The van der Waals surface area contributed by atoms with Gasteiger partial charge in [-0.2, -0.15) is 0 Å². The van der Waals surface area contributed by atoms with E-state index in [4.69, 9.17) is 16.2 Å². The quantitative estimate of drug-likeness (QED) is 0.301. The molecule has 0 amide bonds. The number of carboxylic acids is 1. The fraction of sp³-hybridized carbons (Fsp3) is 0.750. The van der Waals surface area contributed by atoms with Crippen molar-refractivity contribution in [1.82, 2.24) is 5.32 Å². The topological polar surface area (TPSA) is 99.2 Å². The van der Waals surface area contributed by atoms with E-state index in [9.17, 15) is 4.79 Å². The number of hydrogen-bond acceptors (Lipinski definition) is 3. The maximum Gasteiger partial charge on any atom is 0.320 e. The molecule has 5 nitrogen and oxygen atoms in total. The van der Waals surface area contributed by atoms with Gasteiger partial charge in [0.15, 0.2) is 0 Å². The number of halogens is 1. The second-order valence-electron chi connectivity index (χ2n) is 2.99. The number of amidine groups is 1. The lowest BCUT2D eigenvalue weighted by atomic mass is 10.1. The van der Waals surface area contributed by atoms with Gasteiger partial charge in [0.05, 0.1) is 5.84 Å². The number of aliphatic carboxylic acids is 1. The third-order valence-corrected chi connectivity index (χ3v) is 1.65. The normalized spacial score (nSPS) is 11.3. The van der Waals surface area contributed by atoms with Crippen LogP contribution in [0.2, 0.25) is 0 Å². The molecule has 0 heterocycles. The van der Waals surface area contributed by atoms with Gasteiger partial charge in [0, 0.05) is 6.54 Å². The molecule has 0 radical (unpaired) electrons. The highest BCUT2D eigenvalue weighted by Crippen LogP contribution is 1.97. The molecule has 6 heteroatoms. The molecule has 1 atom stereocenters. The van der Waals surface area contributed by atoms with E-state index in [0.717, 1.165) is 12.8 Å². The van der Waals surface area contributed by atoms with E-state index >= 15 is 0 Å². The van der Waals surface area contributed by atoms with Crippen LogP contribution in [0, 0.1) is 5.41 Å². The average molecular weight is 224 g/mol. The molecule has 0 aromatic rings. The Kier molecular flexibility index (Phi) is 9.81. The minimum atomic E-state index is -0.948. The lowest BCUT2D eigenvalue weighted by molar-refractivity contribution is -0.138. The number of rotatable bonds is 6. The lowest BCUT2D eigenvalue weighted by Crippen LogP contribution is -2.30. The molecule has 0 aliphatic rings. The molecule has 0 spiro atoms. The summed E-state index contributed by atoms with van der Waals surface area (Å²) >= 11 is 0. The number of carboxylic acid groups (broad SMARTS) is 1. The van der Waals surface area contributed by atoms with E-state index in [0.29, 0.717) is 18.8 Å². The van der Waals surface area contributed by atoms with Crippen molar-refractivity contribution in [3.63, 3.8) is 0 Å². The fourth-order valence-electron chi connectivity index (χ4n) is 0.889. The molecule has 84 valence electrons. The second kappa shape index (κ2) is 8.77. The van der Waals surface area contributed by atoms with E-state index in [1.54, 1.807) is 6.92 Å². The van der Waals surface area contributed by atoms with Crippen molar-refractivity contribution in [2.75, 3.05) is 6.54 Å². The van der Waals surface area contributed by atoms with Gasteiger partial charge in [-0.25, -0.2) is 0 Å². The highest BCUT2D eigenvalue weighted by Gasteiger charge is 2.09. The Hall–Kier alpha value is -0.810. The smallest absolute Gasteiger partial charge is 0.320 e. The van der Waals surface area contributed by atoms with Gasteiger partial charge in [-0.1, -0.05) is 0 Å². The average Bonchev–Trinajstić information content (AvgIpc) is 2.02. The van der Waals surface area contributed by atoms with Gasteiger partial charge in [0.2, 0.25) is 0 Å². The molecule has 1 unspecified atom stereocenters. The first-order valence-electron chi connectivity index (χ1n) is 4.31. The third kappa shape index (κ3) is 9.28. The second-order valence-corrected chi connectivity index (χ2v) is 2.99. The van der Waals surface area contributed by atoms with Gasteiger partial charge in [-0.05, 0) is 26.2 Å². The van der Waals surface area contributed by atoms with Crippen LogP contribution < -0.4 is 11.1 Å². The first kappa shape index (κ1) is 15.7. The molecule has 0 aromatic carbocycles. The van der Waals surface area contributed by atoms with Crippen molar-refractivity contribution in [2.45, 2.75) is 32.2 Å². The van der Waals surface area contributed by atoms with Crippen molar-refractivity contribution in [3.05, 3.63) is 0 Å². The highest BCUT2D eigenvalue weighted by molar-refractivity contribution is 5.85. The molecule has 0 saturated carbocycles. The van der Waals surface area contributed by atoms with Crippen LogP contribution in [0.4, 0.5) is 0 Å². The number of nitrogens with two attached hydrogens (primary N) is 1. The zero-order valence-electron chi connectivity index (χ0n) is 8.25. The fourth-order valence-corrected chi connectivity index (χ4v) is 0.889. The zero-order valence-corrected chi connectivity index (χ0v) is 9.06. The van der Waals surface area contributed by atoms with Crippen LogP contribution >= 0.6 is 12.4 Å². The van der Waals surface area contributed by atoms with Crippen LogP contribution in [0.25, 0.3) is 0 Å². The summed E-state index contributed by atoms with van der Waals surface area (Å²) in [7, 11) is 0. The Balaban J connectivity index is 0. The van der Waals surface area contributed by atoms with Gasteiger partial charge < -0.3 is 16.2 Å². The highest BCUT2D eigenvalue weighted by atomic mass is 35.5. The van der Waals surface area contributed by atoms with Gasteiger partial charge in [0.1, 0.15) is 6.04 Å². The van der Waals surface area contributed by atoms with Crippen molar-refractivity contribution in [1.29, 1.82) is 5.41 Å². The molecule has 0 rings (SSSR count). The molecule has 0 bridgehead atoms. The summed E-state index contributed by atoms with van der Waals surface area (Å²) in [5, 5.41) is 18.3. The standard InChI is InChI=1S/C8H17N3O2.ClH/c1-6(9)11-5-3-2-4-7(10)8(12)13;/h7H,2-5,10H2,1H3,(H2,9,11)(H,12,13);1H. The molecular weight excluding hydrogens is 206 g/mol. The minimum Gasteiger partial charge on any atom is -0.480 e. The SMILES string of the molecule is CC(=N)NCCCCC(N)C(=O)O.Cl. The van der Waals surface area contributed by atoms with Gasteiger partial charge in [-0.15, -0.1) is 12.4 Å². The maximum atomic E-state index is 10.3. The summed E-state index contributed by atoms with van der Waals surface area (Å²) in [6.07, 6.45) is 2.11. The van der Waals surface area contributed by atoms with Gasteiger partial charge in [-0.3, -0.25) is 10.2 Å². The Morgan fingerprint density at radius 1 is 1.57 bits per heavy atom. The van der Waals surface area contributed by atoms with E-state index in [1.807, 2.05) is 0 Å². The molecule has 0 saturated heterocycles. The van der Waals surface area contributed by atoms with Crippen LogP contribution in [0.15, 0.2) is 0 Å². The summed E-state index contributed by atoms with van der Waals surface area (Å²) in [5.74, 6) is -0.515. The lowest BCUT2D eigenvalue weighted by Gasteiger charge is -2.06. The predicted molar refractivity (Wildman–Crippen MR) is 58.1 cm³/mol. The summed E-state index contributed by atoms with van der Waals surface area (Å²) in [5.41, 5.74) is 5.30. The summed E-state index contributed by atoms with van der Waals surface area (Å²) in [4.78, 5) is 10.3. The summed E-state index contributed by atoms with van der Waals surface area (Å²) in [6, 6.07) is -0.749. The van der Waals surface area contributed by atoms with Crippen LogP contribution in [0.3, 0.4) is 0 Å². The van der Waals surface area contributed by atoms with Crippen molar-refractivity contribution in [3.8, 4) is 0 Å². The number of nitrogens with one attached hydrogen (secondary N) is 2. The molecule has 0 aliphatic carbocycles.